The highest BCUT2D eigenvalue weighted by atomic mass is 19.4. The summed E-state index contributed by atoms with van der Waals surface area (Å²) in [5.41, 5.74) is -2.08. The molecule has 0 radical (unpaired) electrons. The third-order valence-corrected chi connectivity index (χ3v) is 5.76. The Bertz CT molecular complexity index is 1400. The Morgan fingerprint density at radius 3 is 2.08 bits per heavy atom. The van der Waals surface area contributed by atoms with E-state index in [1.165, 1.54) is 18.2 Å². The van der Waals surface area contributed by atoms with Crippen molar-refractivity contribution < 1.29 is 37.0 Å². The zero-order valence-corrected chi connectivity index (χ0v) is 20.8. The lowest BCUT2D eigenvalue weighted by molar-refractivity contribution is -0.274. The lowest BCUT2D eigenvalue weighted by atomic mass is 9.74. The Morgan fingerprint density at radius 2 is 1.50 bits per heavy atom. The smallest absolute Gasteiger partial charge is 0.443 e. The van der Waals surface area contributed by atoms with Crippen LogP contribution in [0.3, 0.4) is 0 Å². The average Bonchev–Trinajstić information content (AvgIpc) is 3.09. The molecule has 0 unspecified atom stereocenters. The third kappa shape index (κ3) is 5.32. The zero-order chi connectivity index (χ0) is 27.7. The van der Waals surface area contributed by atoms with Gasteiger partial charge in [-0.1, -0.05) is 66.7 Å². The van der Waals surface area contributed by atoms with Crippen LogP contribution in [0.2, 0.25) is 0 Å². The first-order chi connectivity index (χ1) is 17.8. The minimum atomic E-state index is -4.99. The molecule has 0 bridgehead atoms. The van der Waals surface area contributed by atoms with Crippen LogP contribution in [0.1, 0.15) is 42.3 Å². The van der Waals surface area contributed by atoms with Crippen LogP contribution in [0.25, 0.3) is 0 Å². The molecular weight excluding hydrogens is 499 g/mol. The van der Waals surface area contributed by atoms with Crippen LogP contribution in [0, 0.1) is 0 Å². The van der Waals surface area contributed by atoms with Crippen molar-refractivity contribution in [1.82, 2.24) is 0 Å². The summed E-state index contributed by atoms with van der Waals surface area (Å²) in [5.74, 6) is -1.83. The van der Waals surface area contributed by atoms with E-state index in [9.17, 15) is 27.6 Å². The maximum Gasteiger partial charge on any atom is 0.573 e. The maximum absolute atomic E-state index is 14.2. The summed E-state index contributed by atoms with van der Waals surface area (Å²) >= 11 is 0. The van der Waals surface area contributed by atoms with Crippen LogP contribution in [0.15, 0.2) is 91.0 Å². The van der Waals surface area contributed by atoms with Gasteiger partial charge in [-0.3, -0.25) is 9.59 Å². The number of hydrogen-bond acceptors (Lipinski definition) is 5. The number of fused-ring (bicyclic) bond motifs is 1. The highest BCUT2D eigenvalue weighted by molar-refractivity contribution is 6.24. The number of ether oxygens (including phenoxy) is 2. The van der Waals surface area contributed by atoms with Crippen molar-refractivity contribution in [3.8, 4) is 5.75 Å². The summed E-state index contributed by atoms with van der Waals surface area (Å²) in [5, 5.41) is 0. The van der Waals surface area contributed by atoms with Crippen molar-refractivity contribution in [3.63, 3.8) is 0 Å². The number of imide groups is 1. The number of hydrogen-bond donors (Lipinski definition) is 0. The average molecular weight is 524 g/mol. The molecule has 1 aliphatic rings. The van der Waals surface area contributed by atoms with Crippen molar-refractivity contribution in [2.45, 2.75) is 38.1 Å². The molecule has 196 valence electrons. The van der Waals surface area contributed by atoms with E-state index >= 15 is 0 Å². The predicted molar refractivity (Wildman–Crippen MR) is 134 cm³/mol. The number of rotatable bonds is 5. The molecule has 2 amide bonds. The van der Waals surface area contributed by atoms with Gasteiger partial charge in [0.25, 0.3) is 5.91 Å². The first-order valence-corrected chi connectivity index (χ1v) is 11.6. The molecule has 6 nitrogen and oxygen atoms in total. The van der Waals surface area contributed by atoms with Crippen molar-refractivity contribution in [1.29, 1.82) is 0 Å². The van der Waals surface area contributed by atoms with E-state index in [0.717, 1.165) is 17.0 Å². The number of nitrogens with zero attached hydrogens (tertiary/aromatic N) is 1. The number of benzene rings is 3. The normalized spacial score (nSPS) is 17.4. The van der Waals surface area contributed by atoms with Gasteiger partial charge >= 0.3 is 12.5 Å². The first kappa shape index (κ1) is 26.7. The minimum absolute atomic E-state index is 0.0134. The summed E-state index contributed by atoms with van der Waals surface area (Å²) in [6.45, 7) is 4.86. The van der Waals surface area contributed by atoms with Crippen LogP contribution in [-0.4, -0.2) is 29.7 Å². The van der Waals surface area contributed by atoms with Gasteiger partial charge in [0.1, 0.15) is 16.8 Å². The Kier molecular flexibility index (Phi) is 6.88. The van der Waals surface area contributed by atoms with E-state index in [0.29, 0.717) is 11.1 Å². The molecular formula is C29H24F3NO5. The fourth-order valence-corrected chi connectivity index (χ4v) is 4.25. The Morgan fingerprint density at radius 1 is 0.895 bits per heavy atom. The fraction of sp³-hybridized carbons (Fsp3) is 0.207. The van der Waals surface area contributed by atoms with E-state index < -0.39 is 40.9 Å². The van der Waals surface area contributed by atoms with Gasteiger partial charge in [-0.2, -0.15) is 0 Å². The Hall–Kier alpha value is -4.40. The molecule has 0 saturated heterocycles. The zero-order valence-electron chi connectivity index (χ0n) is 20.8. The highest BCUT2D eigenvalue weighted by Gasteiger charge is 2.54. The van der Waals surface area contributed by atoms with Gasteiger partial charge in [0.15, 0.2) is 5.78 Å². The lowest BCUT2D eigenvalue weighted by Crippen LogP contribution is -2.45. The maximum atomic E-state index is 14.2. The summed E-state index contributed by atoms with van der Waals surface area (Å²) in [6.07, 6.45) is -3.51. The van der Waals surface area contributed by atoms with Crippen molar-refractivity contribution in [2.75, 3.05) is 4.90 Å². The molecule has 3 aromatic carbocycles. The number of anilines is 1. The summed E-state index contributed by atoms with van der Waals surface area (Å²) in [6, 6.07) is 19.7. The number of carbonyl (C=O) groups is 3. The number of ketones is 1. The Balaban J connectivity index is 1.95. The van der Waals surface area contributed by atoms with Crippen LogP contribution in [-0.2, 0) is 14.9 Å². The van der Waals surface area contributed by atoms with E-state index in [1.807, 2.05) is 0 Å². The van der Waals surface area contributed by atoms with E-state index in [4.69, 9.17) is 4.74 Å². The standard InChI is InChI=1S/C29H24F3NO5/c1-27(2,3)38-26(36)33-23-15-14-21(37-29(30,31)32)18-22(23)28(25(33)35,20-12-8-5-9-13-20)17-16-24(34)19-10-6-4-7-11-19/h4-18H,1-3H3/b17-16-/t28-/m0/s1. The third-order valence-electron chi connectivity index (χ3n) is 5.76. The van der Waals surface area contributed by atoms with E-state index in [1.54, 1.807) is 81.4 Å². The monoisotopic (exact) mass is 523 g/mol. The molecule has 0 spiro atoms. The van der Waals surface area contributed by atoms with Gasteiger partial charge < -0.3 is 9.47 Å². The van der Waals surface area contributed by atoms with Crippen molar-refractivity contribution >= 4 is 23.5 Å². The lowest BCUT2D eigenvalue weighted by Gasteiger charge is -2.27. The number of carbonyl (C=O) groups excluding carboxylic acids is 3. The molecule has 3 aromatic rings. The van der Waals surface area contributed by atoms with Gasteiger partial charge in [-0.25, -0.2) is 9.69 Å². The number of alkyl halides is 3. The predicted octanol–water partition coefficient (Wildman–Crippen LogP) is 6.59. The molecule has 38 heavy (non-hydrogen) atoms. The van der Waals surface area contributed by atoms with Crippen molar-refractivity contribution in [3.05, 3.63) is 108 Å². The SMILES string of the molecule is CC(C)(C)OC(=O)N1C(=O)[C@@](/C=C\C(=O)c2ccccc2)(c2ccccc2)c2cc(OC(F)(F)F)ccc21. The van der Waals surface area contributed by atoms with Gasteiger partial charge in [-0.15, -0.1) is 13.2 Å². The quantitative estimate of drug-likeness (QED) is 0.279. The van der Waals surface area contributed by atoms with Crippen LogP contribution in [0.5, 0.6) is 5.75 Å². The largest absolute Gasteiger partial charge is 0.573 e. The van der Waals surface area contributed by atoms with Gasteiger partial charge in [-0.05, 0) is 50.6 Å². The molecule has 9 heteroatoms. The number of amides is 2. The molecule has 1 atom stereocenters. The summed E-state index contributed by atoms with van der Waals surface area (Å²) < 4.78 is 48.8. The molecule has 0 fully saturated rings. The highest BCUT2D eigenvalue weighted by Crippen LogP contribution is 2.49. The number of allylic oxidation sites excluding steroid dienone is 1. The van der Waals surface area contributed by atoms with Crippen LogP contribution in [0.4, 0.5) is 23.7 Å². The fourth-order valence-electron chi connectivity index (χ4n) is 4.25. The molecule has 0 saturated carbocycles. The van der Waals surface area contributed by atoms with Gasteiger partial charge in [0.05, 0.1) is 5.69 Å². The van der Waals surface area contributed by atoms with E-state index in [2.05, 4.69) is 4.74 Å². The molecule has 0 aliphatic carbocycles. The topological polar surface area (TPSA) is 72.9 Å². The molecule has 0 N–H and O–H groups in total. The second kappa shape index (κ2) is 9.81. The van der Waals surface area contributed by atoms with E-state index in [-0.39, 0.29) is 11.3 Å². The molecule has 4 rings (SSSR count). The van der Waals surface area contributed by atoms with Crippen molar-refractivity contribution in [2.24, 2.45) is 0 Å². The van der Waals surface area contributed by atoms with Gasteiger partial charge in [0, 0.05) is 11.1 Å². The van der Waals surface area contributed by atoms with Crippen LogP contribution >= 0.6 is 0 Å². The molecule has 0 aromatic heterocycles. The summed E-state index contributed by atoms with van der Waals surface area (Å²) in [7, 11) is 0. The first-order valence-electron chi connectivity index (χ1n) is 11.6. The van der Waals surface area contributed by atoms with Gasteiger partial charge in [0.2, 0.25) is 0 Å². The second-order valence-electron chi connectivity index (χ2n) is 9.59. The Labute approximate surface area is 217 Å². The second-order valence-corrected chi connectivity index (χ2v) is 9.59. The summed E-state index contributed by atoms with van der Waals surface area (Å²) in [4.78, 5) is 41.1. The molecule has 1 heterocycles. The molecule has 1 aliphatic heterocycles. The number of halogens is 3. The minimum Gasteiger partial charge on any atom is -0.443 e. The van der Waals surface area contributed by atoms with Crippen LogP contribution < -0.4 is 9.64 Å².